The van der Waals surface area contributed by atoms with Crippen LogP contribution in [0.3, 0.4) is 0 Å². The number of nitriles is 1. The molecule has 2 saturated heterocycles. The lowest BCUT2D eigenvalue weighted by molar-refractivity contribution is -0.0452. The molecule has 2 heterocycles. The molecule has 0 bridgehead atoms. The summed E-state index contributed by atoms with van der Waals surface area (Å²) in [6.45, 7) is 4.12. The molecule has 0 radical (unpaired) electrons. The first-order valence-electron chi connectivity index (χ1n) is 9.25. The molecule has 4 rings (SSSR count). The van der Waals surface area contributed by atoms with Crippen LogP contribution < -0.4 is 0 Å². The second-order valence-corrected chi connectivity index (χ2v) is 7.83. The predicted octanol–water partition coefficient (Wildman–Crippen LogP) is 2.78. The summed E-state index contributed by atoms with van der Waals surface area (Å²) >= 11 is 0. The number of benzene rings is 1. The summed E-state index contributed by atoms with van der Waals surface area (Å²) in [6.07, 6.45) is 6.26. The second kappa shape index (κ2) is 6.48. The predicted molar refractivity (Wildman–Crippen MR) is 93.5 cm³/mol. The highest BCUT2D eigenvalue weighted by Crippen LogP contribution is 2.40. The third-order valence-electron chi connectivity index (χ3n) is 6.14. The average Bonchev–Trinajstić information content (AvgIpc) is 3.39. The van der Waals surface area contributed by atoms with E-state index in [1.165, 1.54) is 24.8 Å². The molecule has 1 spiro atoms. The highest BCUT2D eigenvalue weighted by atomic mass is 16.5. The normalized spacial score (nSPS) is 26.8. The third-order valence-corrected chi connectivity index (χ3v) is 6.14. The van der Waals surface area contributed by atoms with Crippen LogP contribution in [-0.2, 0) is 11.3 Å². The monoisotopic (exact) mass is 325 g/mol. The van der Waals surface area contributed by atoms with Crippen LogP contribution in [0, 0.1) is 11.3 Å². The van der Waals surface area contributed by atoms with Gasteiger partial charge < -0.3 is 4.74 Å². The van der Waals surface area contributed by atoms with Gasteiger partial charge in [0.05, 0.1) is 23.8 Å². The molecule has 0 aromatic heterocycles. The van der Waals surface area contributed by atoms with Crippen molar-refractivity contribution < 1.29 is 4.74 Å². The van der Waals surface area contributed by atoms with Gasteiger partial charge in [-0.2, -0.15) is 5.26 Å². The summed E-state index contributed by atoms with van der Waals surface area (Å²) in [6, 6.07) is 11.6. The Labute approximate surface area is 145 Å². The number of ether oxygens (including phenoxy) is 1. The van der Waals surface area contributed by atoms with E-state index in [1.54, 1.807) is 0 Å². The molecule has 4 nitrogen and oxygen atoms in total. The molecule has 0 amide bonds. The van der Waals surface area contributed by atoms with Crippen LogP contribution in [0.4, 0.5) is 0 Å². The molecule has 24 heavy (non-hydrogen) atoms. The maximum atomic E-state index is 8.89. The molecular formula is C20H27N3O. The zero-order valence-corrected chi connectivity index (χ0v) is 14.6. The summed E-state index contributed by atoms with van der Waals surface area (Å²) in [5.41, 5.74) is 2.17. The molecule has 128 valence electrons. The van der Waals surface area contributed by atoms with Crippen molar-refractivity contribution in [1.29, 1.82) is 5.26 Å². The molecule has 4 heteroatoms. The van der Waals surface area contributed by atoms with Crippen molar-refractivity contribution in [2.45, 2.75) is 56.3 Å². The van der Waals surface area contributed by atoms with Crippen LogP contribution >= 0.6 is 0 Å². The molecule has 1 aromatic rings. The van der Waals surface area contributed by atoms with Crippen LogP contribution in [0.2, 0.25) is 0 Å². The van der Waals surface area contributed by atoms with Gasteiger partial charge in [-0.05, 0) is 56.8 Å². The Kier molecular flexibility index (Phi) is 4.34. The lowest BCUT2D eigenvalue weighted by Gasteiger charge is -2.39. The number of piperidine rings is 1. The van der Waals surface area contributed by atoms with Crippen LogP contribution in [0.5, 0.6) is 0 Å². The largest absolute Gasteiger partial charge is 0.373 e. The number of rotatable bonds is 4. The highest BCUT2D eigenvalue weighted by molar-refractivity contribution is 5.31. The van der Waals surface area contributed by atoms with E-state index >= 15 is 0 Å². The van der Waals surface area contributed by atoms with E-state index in [0.717, 1.165) is 50.7 Å². The van der Waals surface area contributed by atoms with Gasteiger partial charge in [0.2, 0.25) is 0 Å². The molecule has 0 N–H and O–H groups in total. The van der Waals surface area contributed by atoms with Crippen molar-refractivity contribution in [3.8, 4) is 6.07 Å². The molecule has 3 aliphatic rings. The van der Waals surface area contributed by atoms with E-state index < -0.39 is 0 Å². The van der Waals surface area contributed by atoms with Crippen molar-refractivity contribution in [3.63, 3.8) is 0 Å². The molecular weight excluding hydrogens is 298 g/mol. The SMILES string of the molecule is CN(C1CC1)C1COC2(CCN(Cc3ccc(C#N)cc3)CC2)C1. The fourth-order valence-electron chi connectivity index (χ4n) is 4.27. The number of hydrogen-bond donors (Lipinski definition) is 0. The van der Waals surface area contributed by atoms with Gasteiger partial charge in [0.25, 0.3) is 0 Å². The Bertz CT molecular complexity index is 609. The van der Waals surface area contributed by atoms with Gasteiger partial charge >= 0.3 is 0 Å². The lowest BCUT2D eigenvalue weighted by Crippen LogP contribution is -2.44. The Morgan fingerprint density at radius 2 is 1.92 bits per heavy atom. The number of nitrogens with zero attached hydrogens (tertiary/aromatic N) is 3. The topological polar surface area (TPSA) is 39.5 Å². The van der Waals surface area contributed by atoms with Gasteiger partial charge in [-0.25, -0.2) is 0 Å². The van der Waals surface area contributed by atoms with E-state index in [0.29, 0.717) is 6.04 Å². The summed E-state index contributed by atoms with van der Waals surface area (Å²) in [5, 5.41) is 8.89. The van der Waals surface area contributed by atoms with Gasteiger partial charge in [-0.3, -0.25) is 9.80 Å². The zero-order valence-electron chi connectivity index (χ0n) is 14.6. The summed E-state index contributed by atoms with van der Waals surface area (Å²) in [4.78, 5) is 5.09. The van der Waals surface area contributed by atoms with Crippen molar-refractivity contribution in [2.75, 3.05) is 26.7 Å². The molecule has 3 fully saturated rings. The van der Waals surface area contributed by atoms with Gasteiger partial charge in [-0.1, -0.05) is 12.1 Å². The smallest absolute Gasteiger partial charge is 0.0991 e. The number of hydrogen-bond acceptors (Lipinski definition) is 4. The van der Waals surface area contributed by atoms with Crippen LogP contribution in [-0.4, -0.2) is 54.2 Å². The number of likely N-dealkylation sites (tertiary alicyclic amines) is 1. The van der Waals surface area contributed by atoms with Gasteiger partial charge in [0.1, 0.15) is 0 Å². The van der Waals surface area contributed by atoms with Crippen molar-refractivity contribution >= 4 is 0 Å². The van der Waals surface area contributed by atoms with Crippen molar-refractivity contribution in [1.82, 2.24) is 9.80 Å². The van der Waals surface area contributed by atoms with Crippen LogP contribution in [0.1, 0.15) is 43.2 Å². The van der Waals surface area contributed by atoms with Crippen LogP contribution in [0.25, 0.3) is 0 Å². The van der Waals surface area contributed by atoms with E-state index in [1.807, 2.05) is 12.1 Å². The first-order valence-corrected chi connectivity index (χ1v) is 9.25. The first-order chi connectivity index (χ1) is 11.7. The zero-order chi connectivity index (χ0) is 16.6. The van der Waals surface area contributed by atoms with Crippen molar-refractivity contribution in [2.24, 2.45) is 0 Å². The Hall–Kier alpha value is -1.41. The summed E-state index contributed by atoms with van der Waals surface area (Å²) in [5.74, 6) is 0. The van der Waals surface area contributed by atoms with Crippen molar-refractivity contribution in [3.05, 3.63) is 35.4 Å². The van der Waals surface area contributed by atoms with Gasteiger partial charge in [0, 0.05) is 31.7 Å². The van der Waals surface area contributed by atoms with Gasteiger partial charge in [0.15, 0.2) is 0 Å². The lowest BCUT2D eigenvalue weighted by atomic mass is 9.87. The fraction of sp³-hybridized carbons (Fsp3) is 0.650. The minimum atomic E-state index is 0.134. The quantitative estimate of drug-likeness (QED) is 0.853. The molecule has 1 saturated carbocycles. The van der Waals surface area contributed by atoms with Gasteiger partial charge in [-0.15, -0.1) is 0 Å². The fourth-order valence-corrected chi connectivity index (χ4v) is 4.27. The van der Waals surface area contributed by atoms with E-state index in [-0.39, 0.29) is 5.60 Å². The molecule has 2 aliphatic heterocycles. The van der Waals surface area contributed by atoms with E-state index in [9.17, 15) is 0 Å². The standard InChI is InChI=1S/C20H27N3O/c1-22(18-6-7-18)19-12-20(24-15-19)8-10-23(11-9-20)14-17-4-2-16(13-21)3-5-17/h2-5,18-19H,6-12,14-15H2,1H3. The third kappa shape index (κ3) is 3.35. The van der Waals surface area contributed by atoms with E-state index in [2.05, 4.69) is 35.0 Å². The maximum absolute atomic E-state index is 8.89. The Morgan fingerprint density at radius 1 is 1.21 bits per heavy atom. The Balaban J connectivity index is 1.29. The first kappa shape index (κ1) is 16.1. The minimum Gasteiger partial charge on any atom is -0.373 e. The number of likely N-dealkylation sites (N-methyl/N-ethyl adjacent to an activating group) is 1. The molecule has 1 unspecified atom stereocenters. The summed E-state index contributed by atoms with van der Waals surface area (Å²) in [7, 11) is 2.28. The molecule has 1 aromatic carbocycles. The highest BCUT2D eigenvalue weighted by Gasteiger charge is 2.45. The molecule has 1 aliphatic carbocycles. The van der Waals surface area contributed by atoms with Crippen LogP contribution in [0.15, 0.2) is 24.3 Å². The summed E-state index contributed by atoms with van der Waals surface area (Å²) < 4.78 is 6.32. The maximum Gasteiger partial charge on any atom is 0.0991 e. The molecule has 1 atom stereocenters. The average molecular weight is 325 g/mol. The second-order valence-electron chi connectivity index (χ2n) is 7.83. The van der Waals surface area contributed by atoms with E-state index in [4.69, 9.17) is 10.00 Å². The Morgan fingerprint density at radius 3 is 2.54 bits per heavy atom. The minimum absolute atomic E-state index is 0.134.